The smallest absolute Gasteiger partial charge is 0.333 e. The fraction of sp³-hybridized carbons (Fsp3) is 1.00. The Labute approximate surface area is 78.0 Å². The summed E-state index contributed by atoms with van der Waals surface area (Å²) in [6.07, 6.45) is 1.95. The third-order valence-corrected chi connectivity index (χ3v) is 2.17. The second-order valence-electron chi connectivity index (χ2n) is 2.76. The maximum absolute atomic E-state index is 10.3. The molecule has 0 heterocycles. The van der Waals surface area contributed by atoms with Crippen LogP contribution in [0.1, 0.15) is 19.3 Å². The average Bonchev–Trinajstić information content (AvgIpc) is 2.01. The van der Waals surface area contributed by atoms with E-state index in [1.54, 1.807) is 0 Å². The molecule has 0 unspecified atom stereocenters. The van der Waals surface area contributed by atoms with Crippen LogP contribution in [-0.4, -0.2) is 37.3 Å². The van der Waals surface area contributed by atoms with Gasteiger partial charge >= 0.3 is 10.3 Å². The summed E-state index contributed by atoms with van der Waals surface area (Å²) in [7, 11) is -4.21. The van der Waals surface area contributed by atoms with Gasteiger partial charge in [-0.05, 0) is 19.4 Å². The molecule has 0 rings (SSSR count). The van der Waals surface area contributed by atoms with Crippen molar-refractivity contribution in [2.45, 2.75) is 25.3 Å². The molecule has 0 aromatic carbocycles. The Bertz CT molecular complexity index is 217. The van der Waals surface area contributed by atoms with Gasteiger partial charge in [-0.25, -0.2) is 0 Å². The van der Waals surface area contributed by atoms with Crippen molar-refractivity contribution in [1.29, 1.82) is 0 Å². The van der Waals surface area contributed by atoms with E-state index < -0.39 is 16.3 Å². The van der Waals surface area contributed by atoms with Gasteiger partial charge in [-0.1, -0.05) is 6.42 Å². The summed E-state index contributed by atoms with van der Waals surface area (Å²) in [4.78, 5) is 0. The molecule has 0 aliphatic rings. The Morgan fingerprint density at radius 2 is 2.00 bits per heavy atom. The lowest BCUT2D eigenvalue weighted by atomic mass is 10.1. The van der Waals surface area contributed by atoms with Gasteiger partial charge in [0.1, 0.15) is 0 Å². The summed E-state index contributed by atoms with van der Waals surface area (Å²) >= 11 is 0. The van der Waals surface area contributed by atoms with Crippen molar-refractivity contribution in [2.24, 2.45) is 5.73 Å². The fourth-order valence-electron chi connectivity index (χ4n) is 0.933. The van der Waals surface area contributed by atoms with E-state index in [9.17, 15) is 8.42 Å². The summed E-state index contributed by atoms with van der Waals surface area (Å²) in [5, 5.41) is 8.72. The Morgan fingerprint density at radius 1 is 1.38 bits per heavy atom. The maximum atomic E-state index is 10.3. The van der Waals surface area contributed by atoms with E-state index in [1.807, 2.05) is 4.72 Å². The van der Waals surface area contributed by atoms with Gasteiger partial charge < -0.3 is 10.8 Å². The zero-order valence-corrected chi connectivity index (χ0v) is 8.13. The van der Waals surface area contributed by atoms with Crippen LogP contribution in [0, 0.1) is 0 Å². The predicted octanol–water partition coefficient (Wildman–Crippen LogP) is -1.13. The second kappa shape index (κ2) is 6.28. The lowest BCUT2D eigenvalue weighted by molar-refractivity contribution is 0.245. The highest BCUT2D eigenvalue weighted by atomic mass is 32.2. The van der Waals surface area contributed by atoms with Gasteiger partial charge in [0.05, 0.1) is 6.61 Å². The van der Waals surface area contributed by atoms with E-state index >= 15 is 0 Å². The van der Waals surface area contributed by atoms with Crippen molar-refractivity contribution >= 4 is 10.3 Å². The molecule has 0 fully saturated rings. The molecule has 0 saturated heterocycles. The largest absolute Gasteiger partial charge is 0.395 e. The molecule has 0 saturated carbocycles. The van der Waals surface area contributed by atoms with Crippen LogP contribution in [0.25, 0.3) is 0 Å². The number of rotatable bonds is 7. The Balaban J connectivity index is 3.77. The lowest BCUT2D eigenvalue weighted by Crippen LogP contribution is -2.37. The minimum absolute atomic E-state index is 0.329. The van der Waals surface area contributed by atoms with Crippen LogP contribution in [0.2, 0.25) is 0 Å². The van der Waals surface area contributed by atoms with E-state index in [1.165, 1.54) is 0 Å². The lowest BCUT2D eigenvalue weighted by Gasteiger charge is -2.12. The molecule has 0 aromatic rings. The van der Waals surface area contributed by atoms with Crippen molar-refractivity contribution < 1.29 is 18.1 Å². The highest BCUT2D eigenvalue weighted by Gasteiger charge is 2.13. The molecule has 0 bridgehead atoms. The van der Waals surface area contributed by atoms with Gasteiger partial charge in [0.2, 0.25) is 0 Å². The summed E-state index contributed by atoms with van der Waals surface area (Å²) in [5.74, 6) is 0. The number of nitrogens with one attached hydrogen (secondary N) is 1. The highest BCUT2D eigenvalue weighted by molar-refractivity contribution is 7.83. The summed E-state index contributed by atoms with van der Waals surface area (Å²) in [5.41, 5.74) is 5.23. The Morgan fingerprint density at radius 3 is 2.38 bits per heavy atom. The van der Waals surface area contributed by atoms with E-state index in [2.05, 4.69) is 0 Å². The Hall–Kier alpha value is -0.210. The number of unbranched alkanes of at least 4 members (excludes halogenated alkanes) is 1. The first-order valence-electron chi connectivity index (χ1n) is 4.05. The van der Waals surface area contributed by atoms with E-state index in [0.717, 1.165) is 6.42 Å². The monoisotopic (exact) mass is 212 g/mol. The van der Waals surface area contributed by atoms with Crippen LogP contribution < -0.4 is 10.5 Å². The minimum atomic E-state index is -4.21. The molecule has 80 valence electrons. The van der Waals surface area contributed by atoms with Crippen molar-refractivity contribution in [1.82, 2.24) is 4.72 Å². The molecule has 0 spiro atoms. The minimum Gasteiger partial charge on any atom is -0.395 e. The fourth-order valence-corrected chi connectivity index (χ4v) is 1.55. The molecule has 0 amide bonds. The quantitative estimate of drug-likeness (QED) is 0.315. The van der Waals surface area contributed by atoms with Crippen LogP contribution >= 0.6 is 0 Å². The second-order valence-corrected chi connectivity index (χ2v) is 3.94. The standard InChI is InChI=1S/C6H16N2O4S/c7-4-2-1-3-6(5-9)8-13(10,11)12/h6,8-9H,1-5,7H2,(H,10,11,12)/t6-/m0/s1. The third kappa shape index (κ3) is 8.13. The summed E-state index contributed by atoms with van der Waals surface area (Å²) in [6, 6.07) is -0.624. The van der Waals surface area contributed by atoms with Gasteiger partial charge in [0, 0.05) is 6.04 Å². The Kier molecular flexibility index (Phi) is 6.17. The van der Waals surface area contributed by atoms with Gasteiger partial charge in [-0.2, -0.15) is 13.1 Å². The number of hydrogen-bond donors (Lipinski definition) is 4. The zero-order valence-electron chi connectivity index (χ0n) is 7.31. The average molecular weight is 212 g/mol. The molecule has 1 atom stereocenters. The van der Waals surface area contributed by atoms with E-state index in [-0.39, 0.29) is 6.61 Å². The summed E-state index contributed by atoms with van der Waals surface area (Å²) < 4.78 is 31.0. The van der Waals surface area contributed by atoms with Gasteiger partial charge in [0.25, 0.3) is 0 Å². The van der Waals surface area contributed by atoms with Gasteiger partial charge in [-0.3, -0.25) is 4.55 Å². The number of aliphatic hydroxyl groups is 1. The van der Waals surface area contributed by atoms with Crippen molar-refractivity contribution in [3.05, 3.63) is 0 Å². The molecule has 6 nitrogen and oxygen atoms in total. The topological polar surface area (TPSA) is 113 Å². The van der Waals surface area contributed by atoms with E-state index in [0.29, 0.717) is 19.4 Å². The van der Waals surface area contributed by atoms with Crippen LogP contribution in [0.5, 0.6) is 0 Å². The molecule has 13 heavy (non-hydrogen) atoms. The predicted molar refractivity (Wildman–Crippen MR) is 48.5 cm³/mol. The molecule has 0 aromatic heterocycles. The van der Waals surface area contributed by atoms with Crippen molar-refractivity contribution in [3.63, 3.8) is 0 Å². The normalized spacial score (nSPS) is 14.4. The zero-order chi connectivity index (χ0) is 10.3. The number of aliphatic hydroxyl groups excluding tert-OH is 1. The van der Waals surface area contributed by atoms with Crippen molar-refractivity contribution in [2.75, 3.05) is 13.2 Å². The van der Waals surface area contributed by atoms with Crippen LogP contribution in [-0.2, 0) is 10.3 Å². The number of nitrogens with two attached hydrogens (primary N) is 1. The first-order valence-corrected chi connectivity index (χ1v) is 5.49. The molecule has 5 N–H and O–H groups in total. The molecule has 0 aliphatic carbocycles. The van der Waals surface area contributed by atoms with Crippen LogP contribution in [0.4, 0.5) is 0 Å². The maximum Gasteiger partial charge on any atom is 0.333 e. The van der Waals surface area contributed by atoms with Gasteiger partial charge in [-0.15, -0.1) is 0 Å². The summed E-state index contributed by atoms with van der Waals surface area (Å²) in [6.45, 7) is 0.203. The first kappa shape index (κ1) is 12.8. The third-order valence-electron chi connectivity index (χ3n) is 1.54. The SMILES string of the molecule is NCCCC[C@@H](CO)NS(=O)(=O)O. The highest BCUT2D eigenvalue weighted by Crippen LogP contribution is 2.00. The van der Waals surface area contributed by atoms with Crippen LogP contribution in [0.3, 0.4) is 0 Å². The molecule has 0 aliphatic heterocycles. The molecule has 0 radical (unpaired) electrons. The first-order chi connectivity index (χ1) is 5.99. The van der Waals surface area contributed by atoms with Crippen molar-refractivity contribution in [3.8, 4) is 0 Å². The van der Waals surface area contributed by atoms with Gasteiger partial charge in [0.15, 0.2) is 0 Å². The molecule has 7 heteroatoms. The van der Waals surface area contributed by atoms with Crippen LogP contribution in [0.15, 0.2) is 0 Å². The molecular weight excluding hydrogens is 196 g/mol. The van der Waals surface area contributed by atoms with E-state index in [4.69, 9.17) is 15.4 Å². The molecular formula is C6H16N2O4S. The number of hydrogen-bond acceptors (Lipinski definition) is 4.